The van der Waals surface area contributed by atoms with E-state index in [1.54, 1.807) is 18.3 Å². The molecule has 134 valence electrons. The number of rotatable bonds is 4. The fraction of sp³-hybridized carbons (Fsp3) is 0.471. The van der Waals surface area contributed by atoms with Crippen molar-refractivity contribution in [2.75, 3.05) is 19.8 Å². The van der Waals surface area contributed by atoms with Crippen LogP contribution < -0.4 is 14.2 Å². The molecule has 2 aliphatic heterocycles. The van der Waals surface area contributed by atoms with Crippen molar-refractivity contribution >= 4 is 10.0 Å². The first-order valence-corrected chi connectivity index (χ1v) is 9.99. The van der Waals surface area contributed by atoms with Crippen LogP contribution in [-0.4, -0.2) is 37.7 Å². The Balaban J connectivity index is 1.44. The molecule has 0 spiro atoms. The number of imidazole rings is 1. The van der Waals surface area contributed by atoms with Crippen molar-refractivity contribution in [3.8, 4) is 11.5 Å². The van der Waals surface area contributed by atoms with Gasteiger partial charge >= 0.3 is 0 Å². The van der Waals surface area contributed by atoms with Gasteiger partial charge in [-0.25, -0.2) is 18.1 Å². The Labute approximate surface area is 147 Å². The summed E-state index contributed by atoms with van der Waals surface area (Å²) in [6, 6.07) is 4.76. The molecule has 1 aromatic carbocycles. The minimum atomic E-state index is -3.58. The van der Waals surface area contributed by atoms with E-state index < -0.39 is 10.0 Å². The Morgan fingerprint density at radius 1 is 1.24 bits per heavy atom. The van der Waals surface area contributed by atoms with Crippen LogP contribution in [-0.2, 0) is 23.0 Å². The molecule has 1 atom stereocenters. The fourth-order valence-corrected chi connectivity index (χ4v) is 4.34. The smallest absolute Gasteiger partial charge is 0.240 e. The molecule has 0 saturated heterocycles. The van der Waals surface area contributed by atoms with Crippen LogP contribution in [0.2, 0.25) is 0 Å². The zero-order valence-corrected chi connectivity index (χ0v) is 14.7. The van der Waals surface area contributed by atoms with Crippen LogP contribution in [0.25, 0.3) is 0 Å². The molecule has 0 fully saturated rings. The summed E-state index contributed by atoms with van der Waals surface area (Å²) in [5, 5.41) is 0. The van der Waals surface area contributed by atoms with Crippen LogP contribution in [0.15, 0.2) is 35.5 Å². The molecule has 0 aliphatic carbocycles. The number of ether oxygens (including phenoxy) is 2. The summed E-state index contributed by atoms with van der Waals surface area (Å²) in [5.41, 5.74) is 0. The molecule has 25 heavy (non-hydrogen) atoms. The van der Waals surface area contributed by atoms with Gasteiger partial charge in [0.2, 0.25) is 10.0 Å². The number of aryl methyl sites for hydroxylation is 1. The average Bonchev–Trinajstić information content (AvgIpc) is 2.95. The fourth-order valence-electron chi connectivity index (χ4n) is 3.21. The summed E-state index contributed by atoms with van der Waals surface area (Å²) in [5.74, 6) is 2.35. The number of nitrogens with one attached hydrogen (secondary N) is 1. The molecule has 0 saturated carbocycles. The Morgan fingerprint density at radius 2 is 2.08 bits per heavy atom. The maximum absolute atomic E-state index is 12.6. The molecule has 0 radical (unpaired) electrons. The maximum atomic E-state index is 12.6. The van der Waals surface area contributed by atoms with Crippen molar-refractivity contribution in [3.05, 3.63) is 36.4 Å². The SMILES string of the molecule is O=S(=O)(NC[C@H]1CCn2ccnc2C1)c1ccc2c(c1)OCCCO2. The second kappa shape index (κ2) is 6.68. The third kappa shape index (κ3) is 3.50. The minimum Gasteiger partial charge on any atom is -0.490 e. The molecule has 0 amide bonds. The maximum Gasteiger partial charge on any atom is 0.240 e. The predicted octanol–water partition coefficient (Wildman–Crippen LogP) is 1.59. The molecule has 4 rings (SSSR count). The Hall–Kier alpha value is -2.06. The van der Waals surface area contributed by atoms with Gasteiger partial charge in [-0.1, -0.05) is 0 Å². The van der Waals surface area contributed by atoms with Crippen molar-refractivity contribution in [1.29, 1.82) is 0 Å². The average molecular weight is 363 g/mol. The molecule has 2 aliphatic rings. The second-order valence-electron chi connectivity index (χ2n) is 6.41. The van der Waals surface area contributed by atoms with Gasteiger partial charge < -0.3 is 14.0 Å². The first-order valence-electron chi connectivity index (χ1n) is 8.51. The van der Waals surface area contributed by atoms with Crippen LogP contribution in [0.3, 0.4) is 0 Å². The zero-order valence-electron chi connectivity index (χ0n) is 13.8. The quantitative estimate of drug-likeness (QED) is 0.892. The van der Waals surface area contributed by atoms with Crippen molar-refractivity contribution in [1.82, 2.24) is 14.3 Å². The Bertz CT molecular complexity index is 863. The van der Waals surface area contributed by atoms with Crippen LogP contribution >= 0.6 is 0 Å². The van der Waals surface area contributed by atoms with Gasteiger partial charge in [0.05, 0.1) is 18.1 Å². The number of aromatic nitrogens is 2. The topological polar surface area (TPSA) is 82.5 Å². The highest BCUT2D eigenvalue weighted by Crippen LogP contribution is 2.32. The molecular weight excluding hydrogens is 342 g/mol. The van der Waals surface area contributed by atoms with Gasteiger partial charge in [0.25, 0.3) is 0 Å². The van der Waals surface area contributed by atoms with E-state index in [0.29, 0.717) is 31.3 Å². The van der Waals surface area contributed by atoms with E-state index >= 15 is 0 Å². The molecule has 3 heterocycles. The number of hydrogen-bond donors (Lipinski definition) is 1. The monoisotopic (exact) mass is 363 g/mol. The second-order valence-corrected chi connectivity index (χ2v) is 8.17. The van der Waals surface area contributed by atoms with Gasteiger partial charge in [-0.15, -0.1) is 0 Å². The highest BCUT2D eigenvalue weighted by atomic mass is 32.2. The summed E-state index contributed by atoms with van der Waals surface area (Å²) in [7, 11) is -3.58. The molecule has 1 aromatic heterocycles. The molecule has 8 heteroatoms. The lowest BCUT2D eigenvalue weighted by Crippen LogP contribution is -2.33. The first-order chi connectivity index (χ1) is 12.1. The van der Waals surface area contributed by atoms with E-state index in [1.165, 1.54) is 6.07 Å². The summed E-state index contributed by atoms with van der Waals surface area (Å²) in [6.07, 6.45) is 6.27. The van der Waals surface area contributed by atoms with Crippen LogP contribution in [0.5, 0.6) is 11.5 Å². The molecule has 0 bridgehead atoms. The summed E-state index contributed by atoms with van der Waals surface area (Å²) >= 11 is 0. The lowest BCUT2D eigenvalue weighted by Gasteiger charge is -2.23. The van der Waals surface area contributed by atoms with Crippen molar-refractivity contribution in [3.63, 3.8) is 0 Å². The van der Waals surface area contributed by atoms with Gasteiger partial charge in [0.15, 0.2) is 11.5 Å². The van der Waals surface area contributed by atoms with E-state index in [4.69, 9.17) is 9.47 Å². The van der Waals surface area contributed by atoms with E-state index in [9.17, 15) is 8.42 Å². The Morgan fingerprint density at radius 3 is 2.96 bits per heavy atom. The third-order valence-corrected chi connectivity index (χ3v) is 6.06. The van der Waals surface area contributed by atoms with E-state index in [-0.39, 0.29) is 10.8 Å². The number of nitrogens with zero attached hydrogens (tertiary/aromatic N) is 2. The standard InChI is InChI=1S/C17H21N3O4S/c21-25(22,14-2-3-15-16(11-14)24-9-1-8-23-15)19-12-13-4-6-20-7-5-18-17(20)10-13/h2-3,5,7,11,13,19H,1,4,6,8-10,12H2/t13-/m0/s1. The molecule has 2 aromatic rings. The number of sulfonamides is 1. The highest BCUT2D eigenvalue weighted by molar-refractivity contribution is 7.89. The van der Waals surface area contributed by atoms with E-state index in [0.717, 1.165) is 31.6 Å². The number of benzene rings is 1. The van der Waals surface area contributed by atoms with Crippen LogP contribution in [0, 0.1) is 5.92 Å². The zero-order chi connectivity index (χ0) is 17.3. The summed E-state index contributed by atoms with van der Waals surface area (Å²) < 4.78 is 41.2. The lowest BCUT2D eigenvalue weighted by atomic mass is 9.98. The van der Waals surface area contributed by atoms with E-state index in [1.807, 2.05) is 6.20 Å². The van der Waals surface area contributed by atoms with Crippen LogP contribution in [0.4, 0.5) is 0 Å². The summed E-state index contributed by atoms with van der Waals surface area (Å²) in [6.45, 7) is 2.39. The normalized spacial score (nSPS) is 19.9. The van der Waals surface area contributed by atoms with Gasteiger partial charge in [-0.3, -0.25) is 0 Å². The van der Waals surface area contributed by atoms with Gasteiger partial charge in [0.1, 0.15) is 5.82 Å². The largest absolute Gasteiger partial charge is 0.490 e. The first kappa shape index (κ1) is 16.4. The van der Waals surface area contributed by atoms with Crippen molar-refractivity contribution < 1.29 is 17.9 Å². The van der Waals surface area contributed by atoms with Crippen LogP contribution in [0.1, 0.15) is 18.7 Å². The minimum absolute atomic E-state index is 0.203. The number of hydrogen-bond acceptors (Lipinski definition) is 5. The van der Waals surface area contributed by atoms with Crippen molar-refractivity contribution in [2.45, 2.75) is 30.7 Å². The van der Waals surface area contributed by atoms with E-state index in [2.05, 4.69) is 14.3 Å². The number of fused-ring (bicyclic) bond motifs is 2. The van der Waals surface area contributed by atoms with Gasteiger partial charge in [0, 0.05) is 44.4 Å². The molecule has 0 unspecified atom stereocenters. The van der Waals surface area contributed by atoms with Crippen molar-refractivity contribution in [2.24, 2.45) is 5.92 Å². The lowest BCUT2D eigenvalue weighted by molar-refractivity contribution is 0.297. The molecule has 1 N–H and O–H groups in total. The summed E-state index contributed by atoms with van der Waals surface area (Å²) in [4.78, 5) is 4.52. The van der Waals surface area contributed by atoms with Gasteiger partial charge in [-0.05, 0) is 24.5 Å². The predicted molar refractivity (Wildman–Crippen MR) is 91.3 cm³/mol. The van der Waals surface area contributed by atoms with Gasteiger partial charge in [-0.2, -0.15) is 0 Å². The highest BCUT2D eigenvalue weighted by Gasteiger charge is 2.23. The molecule has 7 nitrogen and oxygen atoms in total. The third-order valence-electron chi connectivity index (χ3n) is 4.64. The Kier molecular flexibility index (Phi) is 4.39. The molecular formula is C17H21N3O4S.